The second-order valence-corrected chi connectivity index (χ2v) is 6.78. The molecule has 0 saturated heterocycles. The molecule has 1 amide bonds. The van der Waals surface area contributed by atoms with E-state index in [1.54, 1.807) is 29.8 Å². The number of amides is 1. The Morgan fingerprint density at radius 3 is 2.58 bits per heavy atom. The highest BCUT2D eigenvalue weighted by molar-refractivity contribution is 7.99. The van der Waals surface area contributed by atoms with Crippen LogP contribution >= 0.6 is 11.8 Å². The highest BCUT2D eigenvalue weighted by atomic mass is 32.2. The van der Waals surface area contributed by atoms with E-state index < -0.39 is 0 Å². The number of aromatic nitrogens is 3. The third-order valence-electron chi connectivity index (χ3n) is 3.96. The van der Waals surface area contributed by atoms with Crippen LogP contribution in [-0.4, -0.2) is 26.4 Å². The van der Waals surface area contributed by atoms with Crippen LogP contribution in [0.2, 0.25) is 0 Å². The Kier molecular flexibility index (Phi) is 5.68. The summed E-state index contributed by atoms with van der Waals surface area (Å²) in [6.45, 7) is 1.94. The van der Waals surface area contributed by atoms with Crippen LogP contribution in [0, 0.1) is 5.82 Å². The van der Waals surface area contributed by atoms with E-state index in [0.29, 0.717) is 16.5 Å². The lowest BCUT2D eigenvalue weighted by atomic mass is 10.1. The fourth-order valence-corrected chi connectivity index (χ4v) is 3.28. The van der Waals surface area contributed by atoms with Crippen molar-refractivity contribution in [3.8, 4) is 11.4 Å². The number of hydrogen-bond donors (Lipinski definition) is 1. The van der Waals surface area contributed by atoms with Gasteiger partial charge in [0.25, 0.3) is 0 Å². The number of hydrogen-bond acceptors (Lipinski definition) is 4. The number of nitrogens with one attached hydrogen (secondary N) is 1. The third kappa shape index (κ3) is 4.11. The van der Waals surface area contributed by atoms with Crippen LogP contribution in [-0.2, 0) is 11.8 Å². The zero-order chi connectivity index (χ0) is 18.5. The molecule has 26 heavy (non-hydrogen) atoms. The zero-order valence-electron chi connectivity index (χ0n) is 14.5. The van der Waals surface area contributed by atoms with Gasteiger partial charge in [0.15, 0.2) is 11.0 Å². The average Bonchev–Trinajstić information content (AvgIpc) is 3.01. The monoisotopic (exact) mass is 370 g/mol. The summed E-state index contributed by atoms with van der Waals surface area (Å²) in [5.41, 5.74) is 1.43. The molecule has 0 saturated carbocycles. The molecule has 1 aromatic heterocycles. The SMILES string of the molecule is C[C@H](NC(=O)CSc1nnc(-c2ccccc2F)n1C)c1ccccc1. The van der Waals surface area contributed by atoms with E-state index in [1.807, 2.05) is 37.3 Å². The first-order chi connectivity index (χ1) is 12.6. The molecule has 3 rings (SSSR count). The summed E-state index contributed by atoms with van der Waals surface area (Å²) in [6.07, 6.45) is 0. The Labute approximate surface area is 155 Å². The lowest BCUT2D eigenvalue weighted by Crippen LogP contribution is -2.28. The maximum atomic E-state index is 13.9. The van der Waals surface area contributed by atoms with Crippen molar-refractivity contribution in [2.75, 3.05) is 5.75 Å². The molecule has 0 radical (unpaired) electrons. The van der Waals surface area contributed by atoms with Gasteiger partial charge in [0.2, 0.25) is 5.91 Å². The van der Waals surface area contributed by atoms with Crippen LogP contribution in [0.3, 0.4) is 0 Å². The second kappa shape index (κ2) is 8.14. The first-order valence-electron chi connectivity index (χ1n) is 8.17. The van der Waals surface area contributed by atoms with Crippen LogP contribution in [0.1, 0.15) is 18.5 Å². The fourth-order valence-electron chi connectivity index (χ4n) is 2.56. The van der Waals surface area contributed by atoms with Crippen molar-refractivity contribution in [2.24, 2.45) is 7.05 Å². The molecule has 3 aromatic rings. The van der Waals surface area contributed by atoms with Crippen molar-refractivity contribution >= 4 is 17.7 Å². The van der Waals surface area contributed by atoms with E-state index in [9.17, 15) is 9.18 Å². The van der Waals surface area contributed by atoms with Gasteiger partial charge in [-0.3, -0.25) is 4.79 Å². The normalized spacial score (nSPS) is 12.0. The summed E-state index contributed by atoms with van der Waals surface area (Å²) in [4.78, 5) is 12.2. The maximum absolute atomic E-state index is 13.9. The number of benzene rings is 2. The molecule has 1 N–H and O–H groups in total. The summed E-state index contributed by atoms with van der Waals surface area (Å²) in [7, 11) is 1.76. The van der Waals surface area contributed by atoms with Gasteiger partial charge < -0.3 is 9.88 Å². The lowest BCUT2D eigenvalue weighted by Gasteiger charge is -2.14. The van der Waals surface area contributed by atoms with Gasteiger partial charge in [-0.15, -0.1) is 10.2 Å². The Balaban J connectivity index is 1.62. The van der Waals surface area contributed by atoms with Crippen LogP contribution in [0.25, 0.3) is 11.4 Å². The predicted octanol–water partition coefficient (Wildman–Crippen LogP) is 3.59. The molecule has 0 fully saturated rings. The Morgan fingerprint density at radius 2 is 1.85 bits per heavy atom. The molecular formula is C19H19FN4OS. The highest BCUT2D eigenvalue weighted by Gasteiger charge is 2.16. The van der Waals surface area contributed by atoms with Crippen LogP contribution < -0.4 is 5.32 Å². The topological polar surface area (TPSA) is 59.8 Å². The molecule has 7 heteroatoms. The molecule has 0 aliphatic rings. The minimum Gasteiger partial charge on any atom is -0.349 e. The van der Waals surface area contributed by atoms with Crippen molar-refractivity contribution in [2.45, 2.75) is 18.1 Å². The summed E-state index contributed by atoms with van der Waals surface area (Å²) < 4.78 is 15.6. The summed E-state index contributed by atoms with van der Waals surface area (Å²) in [6, 6.07) is 16.1. The molecular weight excluding hydrogens is 351 g/mol. The largest absolute Gasteiger partial charge is 0.349 e. The number of carbonyl (C=O) groups excluding carboxylic acids is 1. The summed E-state index contributed by atoms with van der Waals surface area (Å²) in [5.74, 6) is 0.194. The first-order valence-corrected chi connectivity index (χ1v) is 9.16. The third-order valence-corrected chi connectivity index (χ3v) is 4.98. The predicted molar refractivity (Wildman–Crippen MR) is 100 cm³/mol. The van der Waals surface area contributed by atoms with Crippen molar-refractivity contribution in [3.63, 3.8) is 0 Å². The zero-order valence-corrected chi connectivity index (χ0v) is 15.3. The fraction of sp³-hybridized carbons (Fsp3) is 0.211. The molecule has 0 aliphatic carbocycles. The Morgan fingerprint density at radius 1 is 1.15 bits per heavy atom. The molecule has 0 bridgehead atoms. The molecule has 0 aliphatic heterocycles. The highest BCUT2D eigenvalue weighted by Crippen LogP contribution is 2.24. The lowest BCUT2D eigenvalue weighted by molar-refractivity contribution is -0.119. The molecule has 0 spiro atoms. The number of rotatable bonds is 6. The number of nitrogens with zero attached hydrogens (tertiary/aromatic N) is 3. The van der Waals surface area contributed by atoms with Crippen LogP contribution in [0.15, 0.2) is 59.8 Å². The van der Waals surface area contributed by atoms with E-state index in [1.165, 1.54) is 17.8 Å². The van der Waals surface area contributed by atoms with Gasteiger partial charge in [-0.05, 0) is 24.6 Å². The van der Waals surface area contributed by atoms with Crippen molar-refractivity contribution in [1.29, 1.82) is 0 Å². The van der Waals surface area contributed by atoms with Crippen molar-refractivity contribution < 1.29 is 9.18 Å². The second-order valence-electron chi connectivity index (χ2n) is 5.83. The van der Waals surface area contributed by atoms with E-state index >= 15 is 0 Å². The van der Waals surface area contributed by atoms with Gasteiger partial charge in [0, 0.05) is 7.05 Å². The van der Waals surface area contributed by atoms with Gasteiger partial charge >= 0.3 is 0 Å². The van der Waals surface area contributed by atoms with E-state index in [0.717, 1.165) is 5.56 Å². The van der Waals surface area contributed by atoms with Gasteiger partial charge in [-0.25, -0.2) is 4.39 Å². The minimum absolute atomic E-state index is 0.0715. The van der Waals surface area contributed by atoms with Crippen molar-refractivity contribution in [3.05, 3.63) is 66.0 Å². The van der Waals surface area contributed by atoms with E-state index in [-0.39, 0.29) is 23.5 Å². The average molecular weight is 370 g/mol. The van der Waals surface area contributed by atoms with Crippen molar-refractivity contribution in [1.82, 2.24) is 20.1 Å². The standard InChI is InChI=1S/C19H19FN4OS/c1-13(14-8-4-3-5-9-14)21-17(25)12-26-19-23-22-18(24(19)2)15-10-6-7-11-16(15)20/h3-11,13H,12H2,1-2H3,(H,21,25)/t13-/m0/s1. The molecule has 1 heterocycles. The molecule has 1 atom stereocenters. The minimum atomic E-state index is -0.353. The number of thioether (sulfide) groups is 1. The number of halogens is 1. The van der Waals surface area contributed by atoms with Gasteiger partial charge in [0.1, 0.15) is 5.82 Å². The number of carbonyl (C=O) groups is 1. The van der Waals surface area contributed by atoms with Gasteiger partial charge in [0.05, 0.1) is 17.4 Å². The quantitative estimate of drug-likeness (QED) is 0.674. The molecule has 2 aromatic carbocycles. The van der Waals surface area contributed by atoms with Gasteiger partial charge in [-0.1, -0.05) is 54.2 Å². The maximum Gasteiger partial charge on any atom is 0.230 e. The summed E-state index contributed by atoms with van der Waals surface area (Å²) >= 11 is 1.27. The first kappa shape index (κ1) is 18.1. The molecule has 134 valence electrons. The molecule has 0 unspecified atom stereocenters. The smallest absolute Gasteiger partial charge is 0.230 e. The summed E-state index contributed by atoms with van der Waals surface area (Å²) in [5, 5.41) is 11.6. The van der Waals surface area contributed by atoms with E-state index in [2.05, 4.69) is 15.5 Å². The van der Waals surface area contributed by atoms with E-state index in [4.69, 9.17) is 0 Å². The Bertz CT molecular complexity index is 898. The molecule has 5 nitrogen and oxygen atoms in total. The Hall–Kier alpha value is -2.67. The van der Waals surface area contributed by atoms with Crippen LogP contribution in [0.4, 0.5) is 4.39 Å². The van der Waals surface area contributed by atoms with Crippen LogP contribution in [0.5, 0.6) is 0 Å². The van der Waals surface area contributed by atoms with Gasteiger partial charge in [-0.2, -0.15) is 0 Å².